The Balaban J connectivity index is 1.57. The van der Waals surface area contributed by atoms with Gasteiger partial charge in [-0.15, -0.1) is 0 Å². The summed E-state index contributed by atoms with van der Waals surface area (Å²) < 4.78 is 12.2. The summed E-state index contributed by atoms with van der Waals surface area (Å²) >= 11 is 0. The van der Waals surface area contributed by atoms with Crippen LogP contribution >= 0.6 is 0 Å². The molecule has 2 N–H and O–H groups in total. The van der Waals surface area contributed by atoms with Crippen molar-refractivity contribution in [2.75, 3.05) is 36.3 Å². The second-order valence-corrected chi connectivity index (χ2v) is 8.75. The fraction of sp³-hybridized carbons (Fsp3) is 0.500. The van der Waals surface area contributed by atoms with E-state index in [1.807, 2.05) is 29.8 Å². The van der Waals surface area contributed by atoms with Gasteiger partial charge < -0.3 is 18.7 Å². The first-order valence-corrected chi connectivity index (χ1v) is 11.7. The summed E-state index contributed by atoms with van der Waals surface area (Å²) in [6.07, 6.45) is 6.08. The molecule has 34 heavy (non-hydrogen) atoms. The molecule has 3 amide bonds. The number of carbonyl (C=O) groups is 2. The zero-order valence-electron chi connectivity index (χ0n) is 20.0. The van der Waals surface area contributed by atoms with Crippen molar-refractivity contribution in [2.24, 2.45) is 5.92 Å². The Hall–Kier alpha value is -3.40. The first-order valence-electron chi connectivity index (χ1n) is 11.7. The Morgan fingerprint density at radius 3 is 2.71 bits per heavy atom. The van der Waals surface area contributed by atoms with Gasteiger partial charge in [0.25, 0.3) is 0 Å². The van der Waals surface area contributed by atoms with Crippen LogP contribution in [0.1, 0.15) is 44.2 Å². The van der Waals surface area contributed by atoms with Crippen LogP contribution in [0.5, 0.6) is 0 Å². The highest BCUT2D eigenvalue weighted by Gasteiger charge is 2.25. The summed E-state index contributed by atoms with van der Waals surface area (Å²) in [6.45, 7) is 2.96. The van der Waals surface area contributed by atoms with Crippen molar-refractivity contribution in [3.8, 4) is 0 Å². The molecule has 3 aromatic rings. The van der Waals surface area contributed by atoms with E-state index in [2.05, 4.69) is 20.8 Å². The third-order valence-electron chi connectivity index (χ3n) is 6.22. The predicted octanol–water partition coefficient (Wildman–Crippen LogP) is 4.56. The van der Waals surface area contributed by atoms with E-state index >= 15 is 0 Å². The molecule has 2 aromatic heterocycles. The third-order valence-corrected chi connectivity index (χ3v) is 6.22. The fourth-order valence-electron chi connectivity index (χ4n) is 4.43. The first-order chi connectivity index (χ1) is 16.5. The molecule has 0 unspecified atom stereocenters. The van der Waals surface area contributed by atoms with Gasteiger partial charge in [-0.1, -0.05) is 24.4 Å². The normalized spacial score (nSPS) is 14.3. The van der Waals surface area contributed by atoms with E-state index in [4.69, 9.17) is 9.26 Å². The molecule has 0 bridgehead atoms. The zero-order valence-corrected chi connectivity index (χ0v) is 20.0. The van der Waals surface area contributed by atoms with Crippen LogP contribution in [0.2, 0.25) is 0 Å². The molecule has 0 radical (unpaired) electrons. The Morgan fingerprint density at radius 1 is 1.21 bits per heavy atom. The minimum Gasteiger partial charge on any atom is -0.385 e. The number of aryl methyl sites for hydroxylation is 2. The van der Waals surface area contributed by atoms with Crippen molar-refractivity contribution in [3.63, 3.8) is 0 Å². The van der Waals surface area contributed by atoms with Crippen molar-refractivity contribution in [1.82, 2.24) is 14.7 Å². The molecule has 182 valence electrons. The number of nitrogens with zero attached hydrogens (tertiary/aromatic N) is 4. The van der Waals surface area contributed by atoms with Crippen molar-refractivity contribution >= 4 is 40.5 Å². The minimum absolute atomic E-state index is 0.0849. The van der Waals surface area contributed by atoms with E-state index in [0.717, 1.165) is 43.3 Å². The van der Waals surface area contributed by atoms with E-state index in [9.17, 15) is 9.59 Å². The highest BCUT2D eigenvalue weighted by atomic mass is 16.5. The molecule has 4 rings (SSSR count). The van der Waals surface area contributed by atoms with E-state index in [-0.39, 0.29) is 17.7 Å². The summed E-state index contributed by atoms with van der Waals surface area (Å²) in [5.41, 5.74) is 3.02. The van der Waals surface area contributed by atoms with Crippen LogP contribution in [0.25, 0.3) is 11.0 Å². The lowest BCUT2D eigenvalue weighted by molar-refractivity contribution is -0.123. The van der Waals surface area contributed by atoms with Crippen LogP contribution in [0.3, 0.4) is 0 Å². The molecule has 1 aliphatic carbocycles. The Morgan fingerprint density at radius 2 is 2.00 bits per heavy atom. The molecule has 1 fully saturated rings. The molecule has 0 spiro atoms. The van der Waals surface area contributed by atoms with E-state index < -0.39 is 6.03 Å². The minimum atomic E-state index is -0.482. The highest BCUT2D eigenvalue weighted by Crippen LogP contribution is 2.29. The van der Waals surface area contributed by atoms with Crippen LogP contribution in [0, 0.1) is 12.8 Å². The van der Waals surface area contributed by atoms with E-state index in [1.54, 1.807) is 25.0 Å². The van der Waals surface area contributed by atoms with Crippen molar-refractivity contribution in [2.45, 2.75) is 52.0 Å². The summed E-state index contributed by atoms with van der Waals surface area (Å²) in [5.74, 6) is 0.890. The number of fused-ring (bicyclic) bond motifs is 1. The molecular weight excluding hydrogens is 436 g/mol. The Bertz CT molecular complexity index is 1150. The second-order valence-electron chi connectivity index (χ2n) is 8.75. The number of rotatable bonds is 8. The first kappa shape index (κ1) is 23.7. The van der Waals surface area contributed by atoms with Crippen LogP contribution in [0.15, 0.2) is 28.8 Å². The molecule has 0 saturated heterocycles. The number of nitrogens with one attached hydrogen (secondary N) is 2. The zero-order chi connectivity index (χ0) is 24.1. The molecule has 10 nitrogen and oxygen atoms in total. The maximum atomic E-state index is 13.0. The Kier molecular flexibility index (Phi) is 7.46. The monoisotopic (exact) mass is 468 g/mol. The maximum Gasteiger partial charge on any atom is 0.328 e. The smallest absolute Gasteiger partial charge is 0.328 e. The number of urea groups is 1. The average Bonchev–Trinajstić information content (AvgIpc) is 3.40. The number of amides is 3. The number of methoxy groups -OCH3 is 1. The molecule has 1 aliphatic rings. The molecule has 1 saturated carbocycles. The molecule has 1 aromatic carbocycles. The second kappa shape index (κ2) is 10.7. The average molecular weight is 469 g/mol. The van der Waals surface area contributed by atoms with Crippen LogP contribution < -0.4 is 15.5 Å². The van der Waals surface area contributed by atoms with Gasteiger partial charge in [0.1, 0.15) is 0 Å². The number of aromatic nitrogens is 3. The predicted molar refractivity (Wildman–Crippen MR) is 130 cm³/mol. The van der Waals surface area contributed by atoms with Gasteiger partial charge in [0, 0.05) is 45.0 Å². The van der Waals surface area contributed by atoms with Gasteiger partial charge in [0.2, 0.25) is 17.7 Å². The largest absolute Gasteiger partial charge is 0.385 e. The number of hydrogen-bond acceptors (Lipinski definition) is 6. The maximum absolute atomic E-state index is 13.0. The van der Waals surface area contributed by atoms with Crippen LogP contribution in [-0.2, 0) is 16.1 Å². The fourth-order valence-corrected chi connectivity index (χ4v) is 4.43. The van der Waals surface area contributed by atoms with E-state index in [0.29, 0.717) is 30.3 Å². The molecule has 0 atom stereocenters. The van der Waals surface area contributed by atoms with Gasteiger partial charge in [0.15, 0.2) is 0 Å². The number of carbonyl (C=O) groups excluding carboxylic acids is 2. The standard InChI is InChI=1S/C24H32N6O4/c1-16-14-21(34-28-16)26-24(32)27-23-25-19-15-18(10-11-20(19)30(23)12-7-13-33-3)29(2)22(31)17-8-5-4-6-9-17/h10-11,14-15,17H,4-9,12-13H2,1-3H3,(H2,25,26,27,32). The highest BCUT2D eigenvalue weighted by molar-refractivity contribution is 6.00. The Labute approximate surface area is 198 Å². The third kappa shape index (κ3) is 5.39. The van der Waals surface area contributed by atoms with Gasteiger partial charge in [0.05, 0.1) is 16.7 Å². The lowest BCUT2D eigenvalue weighted by atomic mass is 9.88. The molecule has 2 heterocycles. The van der Waals surface area contributed by atoms with Gasteiger partial charge >= 0.3 is 6.03 Å². The lowest BCUT2D eigenvalue weighted by Crippen LogP contribution is -2.33. The molecule has 0 aliphatic heterocycles. The summed E-state index contributed by atoms with van der Waals surface area (Å²) in [6, 6.07) is 6.92. The van der Waals surface area contributed by atoms with Crippen molar-refractivity contribution in [1.29, 1.82) is 0 Å². The van der Waals surface area contributed by atoms with Gasteiger partial charge in [-0.2, -0.15) is 0 Å². The lowest BCUT2D eigenvalue weighted by Gasteiger charge is -2.26. The summed E-state index contributed by atoms with van der Waals surface area (Å²) in [7, 11) is 3.48. The van der Waals surface area contributed by atoms with Gasteiger partial charge in [-0.05, 0) is 44.4 Å². The summed E-state index contributed by atoms with van der Waals surface area (Å²) in [5, 5.41) is 9.19. The number of anilines is 3. The summed E-state index contributed by atoms with van der Waals surface area (Å²) in [4.78, 5) is 31.9. The molecule has 10 heteroatoms. The number of imidazole rings is 1. The van der Waals surface area contributed by atoms with E-state index in [1.165, 1.54) is 6.42 Å². The van der Waals surface area contributed by atoms with Crippen molar-refractivity contribution < 1.29 is 18.8 Å². The molecular formula is C24H32N6O4. The SMILES string of the molecule is COCCCn1c(NC(=O)Nc2cc(C)no2)nc2cc(N(C)C(=O)C3CCCCC3)ccc21. The van der Waals surface area contributed by atoms with Crippen LogP contribution in [0.4, 0.5) is 22.3 Å². The van der Waals surface area contributed by atoms with Gasteiger partial charge in [-0.25, -0.2) is 9.78 Å². The topological polar surface area (TPSA) is 115 Å². The van der Waals surface area contributed by atoms with Crippen LogP contribution in [-0.4, -0.2) is 47.4 Å². The number of hydrogen-bond donors (Lipinski definition) is 2. The van der Waals surface area contributed by atoms with Gasteiger partial charge in [-0.3, -0.25) is 15.4 Å². The number of ether oxygens (including phenoxy) is 1. The quantitative estimate of drug-likeness (QED) is 0.469. The number of benzene rings is 1. The van der Waals surface area contributed by atoms with Crippen molar-refractivity contribution in [3.05, 3.63) is 30.0 Å².